The quantitative estimate of drug-likeness (QED) is 0.296. The van der Waals surface area contributed by atoms with Gasteiger partial charge in [-0.05, 0) is 62.8 Å². The van der Waals surface area contributed by atoms with E-state index in [0.29, 0.717) is 0 Å². The lowest BCUT2D eigenvalue weighted by molar-refractivity contribution is 0.510. The average molecular weight is 341 g/mol. The summed E-state index contributed by atoms with van der Waals surface area (Å²) in [5.41, 5.74) is 4.68. The van der Waals surface area contributed by atoms with Gasteiger partial charge in [-0.1, -0.05) is 93.9 Å². The van der Waals surface area contributed by atoms with E-state index < -0.39 is 0 Å². The maximum atomic E-state index is 2.57. The van der Waals surface area contributed by atoms with Gasteiger partial charge in [-0.15, -0.1) is 0 Å². The van der Waals surface area contributed by atoms with Gasteiger partial charge < -0.3 is 0 Å². The summed E-state index contributed by atoms with van der Waals surface area (Å²) in [7, 11) is 0. The van der Waals surface area contributed by atoms with Crippen LogP contribution in [0.15, 0.2) is 35.9 Å². The molecule has 0 bridgehead atoms. The molecule has 0 amide bonds. The molecule has 2 rings (SSSR count). The second kappa shape index (κ2) is 11.6. The zero-order valence-corrected chi connectivity index (χ0v) is 17.0. The molecule has 0 radical (unpaired) electrons. The van der Waals surface area contributed by atoms with Crippen molar-refractivity contribution in [2.24, 2.45) is 5.92 Å². The second-order valence-corrected chi connectivity index (χ2v) is 8.64. The number of unbranched alkanes of at least 4 members (excludes halogenated alkanes) is 5. The molecular weight excluding hydrogens is 300 g/mol. The standard InChI is InChI=1S/C25H40/c1-21(2)11-8-6-4-5-7-9-12-23-13-10-14-24(20-17-23)25-18-15-22(3)16-19-25/h13,15-16,18-19,21,24H,4-12,14,17,20H2,1-3H3. The van der Waals surface area contributed by atoms with E-state index in [-0.39, 0.29) is 0 Å². The van der Waals surface area contributed by atoms with Gasteiger partial charge >= 0.3 is 0 Å². The van der Waals surface area contributed by atoms with Crippen molar-refractivity contribution >= 4 is 0 Å². The Hall–Kier alpha value is -1.04. The average Bonchev–Trinajstić information content (AvgIpc) is 2.83. The van der Waals surface area contributed by atoms with Gasteiger partial charge in [0.05, 0.1) is 0 Å². The molecule has 0 heterocycles. The van der Waals surface area contributed by atoms with Crippen molar-refractivity contribution in [3.05, 3.63) is 47.0 Å². The third-order valence-corrected chi connectivity index (χ3v) is 5.84. The first-order valence-corrected chi connectivity index (χ1v) is 10.9. The molecule has 0 saturated carbocycles. The highest BCUT2D eigenvalue weighted by Gasteiger charge is 2.15. The minimum absolute atomic E-state index is 0.773. The fourth-order valence-electron chi connectivity index (χ4n) is 4.11. The minimum atomic E-state index is 0.773. The lowest BCUT2D eigenvalue weighted by Crippen LogP contribution is -1.97. The molecule has 1 aliphatic carbocycles. The van der Waals surface area contributed by atoms with Crippen LogP contribution in [0.2, 0.25) is 0 Å². The van der Waals surface area contributed by atoms with Crippen LogP contribution in [-0.2, 0) is 0 Å². The Kier molecular flexibility index (Phi) is 9.37. The molecule has 0 fully saturated rings. The molecule has 0 aliphatic heterocycles. The predicted molar refractivity (Wildman–Crippen MR) is 112 cm³/mol. The molecule has 1 unspecified atom stereocenters. The summed E-state index contributed by atoms with van der Waals surface area (Å²) in [6.07, 6.45) is 19.2. The summed E-state index contributed by atoms with van der Waals surface area (Å²) in [6, 6.07) is 9.25. The van der Waals surface area contributed by atoms with E-state index in [4.69, 9.17) is 0 Å². The number of hydrogen-bond donors (Lipinski definition) is 0. The van der Waals surface area contributed by atoms with E-state index in [2.05, 4.69) is 51.1 Å². The number of hydrogen-bond acceptors (Lipinski definition) is 0. The van der Waals surface area contributed by atoms with Crippen LogP contribution >= 0.6 is 0 Å². The number of benzene rings is 1. The molecular formula is C25H40. The van der Waals surface area contributed by atoms with E-state index in [1.165, 1.54) is 82.6 Å². The molecule has 25 heavy (non-hydrogen) atoms. The fraction of sp³-hybridized carbons (Fsp3) is 0.680. The zero-order valence-electron chi connectivity index (χ0n) is 17.0. The van der Waals surface area contributed by atoms with Crippen LogP contribution in [0.5, 0.6) is 0 Å². The largest absolute Gasteiger partial charge is 0.0853 e. The van der Waals surface area contributed by atoms with Gasteiger partial charge in [0.15, 0.2) is 0 Å². The molecule has 0 N–H and O–H groups in total. The summed E-state index contributed by atoms with van der Waals surface area (Å²) >= 11 is 0. The molecule has 0 nitrogen and oxygen atoms in total. The smallest absolute Gasteiger partial charge is 0.0156 e. The molecule has 0 aromatic heterocycles. The third kappa shape index (κ3) is 8.25. The van der Waals surface area contributed by atoms with E-state index >= 15 is 0 Å². The van der Waals surface area contributed by atoms with Crippen LogP contribution in [0.25, 0.3) is 0 Å². The maximum absolute atomic E-state index is 2.57. The Morgan fingerprint density at radius 3 is 2.28 bits per heavy atom. The third-order valence-electron chi connectivity index (χ3n) is 5.84. The molecule has 0 heteroatoms. The second-order valence-electron chi connectivity index (χ2n) is 8.64. The van der Waals surface area contributed by atoms with Crippen molar-refractivity contribution < 1.29 is 0 Å². The first-order chi connectivity index (χ1) is 12.1. The molecule has 1 aliphatic rings. The van der Waals surface area contributed by atoms with Crippen molar-refractivity contribution in [2.45, 2.75) is 104 Å². The van der Waals surface area contributed by atoms with Gasteiger partial charge in [0.2, 0.25) is 0 Å². The first kappa shape index (κ1) is 20.3. The predicted octanol–water partition coefficient (Wildman–Crippen LogP) is 8.36. The van der Waals surface area contributed by atoms with Crippen molar-refractivity contribution in [1.29, 1.82) is 0 Å². The van der Waals surface area contributed by atoms with Gasteiger partial charge in [0.25, 0.3) is 0 Å². The topological polar surface area (TPSA) is 0 Å². The number of allylic oxidation sites excluding steroid dienone is 2. The molecule has 1 aromatic carbocycles. The monoisotopic (exact) mass is 340 g/mol. The van der Waals surface area contributed by atoms with E-state index in [9.17, 15) is 0 Å². The Bertz CT molecular complexity index is 491. The lowest BCUT2D eigenvalue weighted by atomic mass is 9.90. The van der Waals surface area contributed by atoms with Gasteiger partial charge in [0.1, 0.15) is 0 Å². The van der Waals surface area contributed by atoms with Crippen molar-refractivity contribution in [3.63, 3.8) is 0 Å². The van der Waals surface area contributed by atoms with Gasteiger partial charge in [0, 0.05) is 0 Å². The van der Waals surface area contributed by atoms with E-state index in [1.807, 2.05) is 0 Å². The van der Waals surface area contributed by atoms with Gasteiger partial charge in [-0.25, -0.2) is 0 Å². The first-order valence-electron chi connectivity index (χ1n) is 10.9. The summed E-state index contributed by atoms with van der Waals surface area (Å²) in [5, 5.41) is 0. The highest BCUT2D eigenvalue weighted by molar-refractivity contribution is 5.25. The van der Waals surface area contributed by atoms with Crippen LogP contribution in [-0.4, -0.2) is 0 Å². The normalized spacial score (nSPS) is 18.2. The van der Waals surface area contributed by atoms with Gasteiger partial charge in [-0.3, -0.25) is 0 Å². The lowest BCUT2D eigenvalue weighted by Gasteiger charge is -2.15. The Balaban J connectivity index is 1.58. The molecule has 140 valence electrons. The fourth-order valence-corrected chi connectivity index (χ4v) is 4.11. The maximum Gasteiger partial charge on any atom is -0.0156 e. The Labute approximate surface area is 157 Å². The summed E-state index contributed by atoms with van der Waals surface area (Å²) < 4.78 is 0. The Morgan fingerprint density at radius 1 is 0.880 bits per heavy atom. The molecule has 1 aromatic rings. The van der Waals surface area contributed by atoms with Crippen LogP contribution < -0.4 is 0 Å². The van der Waals surface area contributed by atoms with Crippen LogP contribution in [0.4, 0.5) is 0 Å². The van der Waals surface area contributed by atoms with Crippen LogP contribution in [0, 0.1) is 12.8 Å². The molecule has 1 atom stereocenters. The van der Waals surface area contributed by atoms with Crippen molar-refractivity contribution in [1.82, 2.24) is 0 Å². The van der Waals surface area contributed by atoms with Crippen LogP contribution in [0.3, 0.4) is 0 Å². The molecule has 0 saturated heterocycles. The van der Waals surface area contributed by atoms with Crippen molar-refractivity contribution in [2.75, 3.05) is 0 Å². The minimum Gasteiger partial charge on any atom is -0.0853 e. The summed E-state index contributed by atoms with van der Waals surface area (Å²) in [6.45, 7) is 6.86. The van der Waals surface area contributed by atoms with Gasteiger partial charge in [-0.2, -0.15) is 0 Å². The highest BCUT2D eigenvalue weighted by Crippen LogP contribution is 2.33. The number of rotatable bonds is 10. The summed E-state index contributed by atoms with van der Waals surface area (Å²) in [5.74, 6) is 1.65. The van der Waals surface area contributed by atoms with E-state index in [0.717, 1.165) is 11.8 Å². The number of aryl methyl sites for hydroxylation is 1. The SMILES string of the molecule is Cc1ccc(C2CCC=C(CCCCCCCCC(C)C)CC2)cc1. The van der Waals surface area contributed by atoms with Crippen molar-refractivity contribution in [3.8, 4) is 0 Å². The Morgan fingerprint density at radius 2 is 1.56 bits per heavy atom. The zero-order chi connectivity index (χ0) is 17.9. The highest BCUT2D eigenvalue weighted by atomic mass is 14.2. The van der Waals surface area contributed by atoms with Crippen LogP contribution in [0.1, 0.15) is 108 Å². The van der Waals surface area contributed by atoms with E-state index in [1.54, 1.807) is 11.1 Å². The molecule has 0 spiro atoms. The summed E-state index contributed by atoms with van der Waals surface area (Å²) in [4.78, 5) is 0.